The molecule has 1 aromatic rings. The summed E-state index contributed by atoms with van der Waals surface area (Å²) in [6.07, 6.45) is 4.98. The molecule has 0 aliphatic rings. The van der Waals surface area contributed by atoms with E-state index in [0.29, 0.717) is 4.73 Å². The van der Waals surface area contributed by atoms with Gasteiger partial charge in [-0.25, -0.2) is 0 Å². The second-order valence-electron chi connectivity index (χ2n) is 1.96. The molecule has 2 N–H and O–H groups in total. The van der Waals surface area contributed by atoms with Gasteiger partial charge in [0.25, 0.3) is 0 Å². The molecule has 0 amide bonds. The number of nitrogens with two attached hydrogens (primary N) is 1. The Labute approximate surface area is 78.4 Å². The monoisotopic (exact) mass is 227 g/mol. The van der Waals surface area contributed by atoms with E-state index < -0.39 is 0 Å². The van der Waals surface area contributed by atoms with E-state index in [2.05, 4.69) is 31.2 Å². The average molecular weight is 226 g/mol. The van der Waals surface area contributed by atoms with Crippen molar-refractivity contribution in [2.24, 2.45) is 15.9 Å². The van der Waals surface area contributed by atoms with Crippen molar-refractivity contribution in [3.63, 3.8) is 0 Å². The first-order valence-corrected chi connectivity index (χ1v) is 4.08. The van der Waals surface area contributed by atoms with Crippen LogP contribution in [0.2, 0.25) is 0 Å². The van der Waals surface area contributed by atoms with Gasteiger partial charge >= 0.3 is 78.0 Å². The zero-order chi connectivity index (χ0) is 8.81. The maximum absolute atomic E-state index is 5.22. The first-order chi connectivity index (χ1) is 5.79. The molecule has 1 aromatic heterocycles. The van der Waals surface area contributed by atoms with Crippen LogP contribution in [-0.4, -0.2) is 31.9 Å². The van der Waals surface area contributed by atoms with Crippen molar-refractivity contribution in [2.75, 3.05) is 0 Å². The number of pyridine rings is 1. The summed E-state index contributed by atoms with van der Waals surface area (Å²) in [4.78, 5) is 3.86. The van der Waals surface area contributed by atoms with Gasteiger partial charge in [-0.15, -0.1) is 0 Å². The second-order valence-corrected chi connectivity index (χ2v) is 2.84. The fourth-order valence-corrected chi connectivity index (χ4v) is 0.701. The summed E-state index contributed by atoms with van der Waals surface area (Å²) < 4.78 is 0.320. The molecule has 0 aromatic carbocycles. The Kier molecular flexibility index (Phi) is 3.44. The van der Waals surface area contributed by atoms with Gasteiger partial charge < -0.3 is 0 Å². The van der Waals surface area contributed by atoms with Gasteiger partial charge in [0.2, 0.25) is 0 Å². The zero-order valence-electron chi connectivity index (χ0n) is 6.21. The minimum atomic E-state index is 0.320. The predicted molar refractivity (Wildman–Crippen MR) is 49.2 cm³/mol. The number of nitrogens with zero attached hydrogens (tertiary/aromatic N) is 3. The number of hydrogen-bond donors (Lipinski definition) is 1. The van der Waals surface area contributed by atoms with E-state index in [1.807, 2.05) is 12.1 Å². The molecule has 61 valence electrons. The van der Waals surface area contributed by atoms with Crippen molar-refractivity contribution in [1.82, 2.24) is 4.98 Å². The fraction of sp³-hybridized carbons (Fsp3) is 0. The van der Waals surface area contributed by atoms with Crippen molar-refractivity contribution < 1.29 is 0 Å². The standard InChI is InChI=1S/C7H7N4Se/c8-7(12)11-10-5-6-1-3-9-4-2-6/h1-5H,(H2,8,11)/b10-5-. The molecule has 1 rings (SSSR count). The normalized spacial score (nSPS) is 12.2. The van der Waals surface area contributed by atoms with Crippen molar-refractivity contribution in [2.45, 2.75) is 0 Å². The summed E-state index contributed by atoms with van der Waals surface area (Å²) in [5.41, 5.74) is 6.16. The maximum atomic E-state index is 5.22. The van der Waals surface area contributed by atoms with Crippen LogP contribution in [0.25, 0.3) is 0 Å². The van der Waals surface area contributed by atoms with Crippen molar-refractivity contribution in [1.29, 1.82) is 0 Å². The van der Waals surface area contributed by atoms with Crippen LogP contribution in [0.5, 0.6) is 0 Å². The Morgan fingerprint density at radius 1 is 1.50 bits per heavy atom. The molecule has 1 heterocycles. The summed E-state index contributed by atoms with van der Waals surface area (Å²) in [5.74, 6) is 0. The molecule has 0 aliphatic carbocycles. The van der Waals surface area contributed by atoms with Crippen LogP contribution >= 0.6 is 0 Å². The SMILES string of the molecule is N/C([Se])=N\N=C/c1ccncc1. The van der Waals surface area contributed by atoms with Crippen molar-refractivity contribution in [3.05, 3.63) is 30.1 Å². The van der Waals surface area contributed by atoms with Gasteiger partial charge in [-0.2, -0.15) is 0 Å². The van der Waals surface area contributed by atoms with E-state index >= 15 is 0 Å². The van der Waals surface area contributed by atoms with Gasteiger partial charge in [0.05, 0.1) is 0 Å². The van der Waals surface area contributed by atoms with Crippen LogP contribution in [0.3, 0.4) is 0 Å². The first kappa shape index (κ1) is 8.90. The molecule has 12 heavy (non-hydrogen) atoms. The molecule has 0 spiro atoms. The van der Waals surface area contributed by atoms with Crippen LogP contribution in [0.4, 0.5) is 0 Å². The number of hydrogen-bond acceptors (Lipinski definition) is 3. The minimum absolute atomic E-state index is 0.320. The Balaban J connectivity index is 2.64. The van der Waals surface area contributed by atoms with E-state index in [1.54, 1.807) is 18.6 Å². The molecule has 0 saturated carbocycles. The van der Waals surface area contributed by atoms with Crippen LogP contribution in [0.15, 0.2) is 34.7 Å². The van der Waals surface area contributed by atoms with Gasteiger partial charge in [-0.05, 0) is 0 Å². The van der Waals surface area contributed by atoms with Gasteiger partial charge in [0.1, 0.15) is 0 Å². The molecule has 4 nitrogen and oxygen atoms in total. The van der Waals surface area contributed by atoms with E-state index in [-0.39, 0.29) is 0 Å². The molecule has 5 heteroatoms. The van der Waals surface area contributed by atoms with E-state index in [4.69, 9.17) is 5.73 Å². The zero-order valence-corrected chi connectivity index (χ0v) is 7.93. The van der Waals surface area contributed by atoms with E-state index in [0.717, 1.165) is 5.56 Å². The third-order valence-corrected chi connectivity index (χ3v) is 1.24. The first-order valence-electron chi connectivity index (χ1n) is 3.22. The fourth-order valence-electron chi connectivity index (χ4n) is 0.602. The van der Waals surface area contributed by atoms with Crippen molar-refractivity contribution in [3.8, 4) is 0 Å². The van der Waals surface area contributed by atoms with E-state index in [9.17, 15) is 0 Å². The summed E-state index contributed by atoms with van der Waals surface area (Å²) in [6, 6.07) is 3.66. The number of amidine groups is 1. The molecule has 0 atom stereocenters. The predicted octanol–water partition coefficient (Wildman–Crippen LogP) is -0.101. The van der Waals surface area contributed by atoms with Crippen LogP contribution < -0.4 is 5.73 Å². The molecular formula is C7H7N4Se. The van der Waals surface area contributed by atoms with Crippen LogP contribution in [-0.2, 0) is 0 Å². The summed E-state index contributed by atoms with van der Waals surface area (Å²) in [5, 5.41) is 7.33. The molecule has 0 unspecified atom stereocenters. The van der Waals surface area contributed by atoms with Gasteiger partial charge in [0.15, 0.2) is 0 Å². The quantitative estimate of drug-likeness (QED) is 0.331. The third-order valence-electron chi connectivity index (χ3n) is 1.07. The molecule has 0 bridgehead atoms. The Morgan fingerprint density at radius 2 is 2.17 bits per heavy atom. The summed E-state index contributed by atoms with van der Waals surface area (Å²) in [6.45, 7) is 0. The molecule has 0 saturated heterocycles. The molecular weight excluding hydrogens is 219 g/mol. The van der Waals surface area contributed by atoms with Crippen LogP contribution in [0, 0.1) is 0 Å². The van der Waals surface area contributed by atoms with Gasteiger partial charge in [-0.1, -0.05) is 0 Å². The summed E-state index contributed by atoms with van der Waals surface area (Å²) >= 11 is 2.53. The average Bonchev–Trinajstić information content (AvgIpc) is 2.05. The van der Waals surface area contributed by atoms with Crippen molar-refractivity contribution >= 4 is 27.0 Å². The Bertz CT molecular complexity index is 290. The van der Waals surface area contributed by atoms with Gasteiger partial charge in [0, 0.05) is 0 Å². The summed E-state index contributed by atoms with van der Waals surface area (Å²) in [7, 11) is 0. The number of aromatic nitrogens is 1. The number of rotatable bonds is 2. The second kappa shape index (κ2) is 4.64. The molecule has 0 fully saturated rings. The van der Waals surface area contributed by atoms with Gasteiger partial charge in [-0.3, -0.25) is 0 Å². The third kappa shape index (κ3) is 3.27. The van der Waals surface area contributed by atoms with E-state index in [1.165, 1.54) is 0 Å². The topological polar surface area (TPSA) is 63.6 Å². The molecule has 0 aliphatic heterocycles. The van der Waals surface area contributed by atoms with Crippen LogP contribution in [0.1, 0.15) is 5.56 Å². The Hall–Kier alpha value is -1.19. The molecule has 1 radical (unpaired) electrons. The Morgan fingerprint density at radius 3 is 2.75 bits per heavy atom.